The Labute approximate surface area is 370 Å². The van der Waals surface area contributed by atoms with Crippen molar-refractivity contribution in [1.82, 2.24) is 5.32 Å². The molecule has 3 aromatic rings. The van der Waals surface area contributed by atoms with Crippen LogP contribution in [0.1, 0.15) is 123 Å². The largest absolute Gasteiger partial charge is 1.00 e. The first-order valence-electron chi connectivity index (χ1n) is 23.8. The smallest absolute Gasteiger partial charge is 0.231 e. The molecule has 334 valence electrons. The molecule has 61 heavy (non-hydrogen) atoms. The van der Waals surface area contributed by atoms with Crippen molar-refractivity contribution in [2.75, 3.05) is 27.1 Å². The molecule has 1 amide bonds. The van der Waals surface area contributed by atoms with Gasteiger partial charge < -0.3 is 46.9 Å². The number of ether oxygens (including phenoxy) is 4. The Morgan fingerprint density at radius 2 is 1.74 bits per heavy atom. The lowest BCUT2D eigenvalue weighted by Crippen LogP contribution is -3.00. The average Bonchev–Trinajstić information content (AvgIpc) is 3.86. The molecule has 10 heteroatoms. The second-order valence-electron chi connectivity index (χ2n) is 20.3. The van der Waals surface area contributed by atoms with Gasteiger partial charge in [0, 0.05) is 25.5 Å². The number of hydrogen-bond donors (Lipinski definition) is 3. The summed E-state index contributed by atoms with van der Waals surface area (Å²) >= 11 is 0. The molecule has 3 heterocycles. The molecule has 3 N–H and O–H groups in total. The molecule has 0 radical (unpaired) electrons. The predicted octanol–water partition coefficient (Wildman–Crippen LogP) is 6.19. The number of nitrogens with zero attached hydrogens (tertiary/aromatic N) is 1. The van der Waals surface area contributed by atoms with Crippen molar-refractivity contribution in [2.24, 2.45) is 52.3 Å². The summed E-state index contributed by atoms with van der Waals surface area (Å²) in [6.07, 6.45) is 16.9. The van der Waals surface area contributed by atoms with Crippen LogP contribution >= 0.6 is 0 Å². The molecule has 11 atom stereocenters. The molecule has 0 spiro atoms. The van der Waals surface area contributed by atoms with Crippen LogP contribution in [-0.2, 0) is 17.8 Å². The summed E-state index contributed by atoms with van der Waals surface area (Å²) in [7, 11) is 1.70. The molecule has 4 fully saturated rings. The highest BCUT2D eigenvalue weighted by atomic mass is 35.5. The lowest BCUT2D eigenvalue weighted by atomic mass is 9.41. The van der Waals surface area contributed by atoms with Crippen LogP contribution in [0, 0.1) is 52.3 Å². The molecular formula is C51H71ClN2O7. The standard InChI is InChI=1S/C51H70N2O7.ClH/c1-6-35-41-27-34(54)17-20-51(41,4)40-18-21-50(3)38(13-14-39(50)47(40)48(35)56)31(2)11-16-46(55)52-22-9-7-8-10-24-58-49-37-29-53-23-19-33-26-44-45(60-30-59-44)28-36(33)42(53)25-32(37)12-15-43(49)57-5;/h12,15,25-26,28-29,31,34-35,38-41,47-48,54,56H,6-11,13-14,16-24,27,30H2,1-5H3;1H/t31-,34+,35?,38-,39+,40+,41?,47+,48+,50-,51-;/m1./s1. The van der Waals surface area contributed by atoms with Gasteiger partial charge in [-0.2, -0.15) is 4.57 Å². The minimum atomic E-state index is -0.258. The van der Waals surface area contributed by atoms with Crippen molar-refractivity contribution in [1.29, 1.82) is 0 Å². The van der Waals surface area contributed by atoms with Crippen molar-refractivity contribution < 1.29 is 50.9 Å². The van der Waals surface area contributed by atoms with E-state index in [9.17, 15) is 15.0 Å². The van der Waals surface area contributed by atoms with Crippen LogP contribution in [0.4, 0.5) is 0 Å². The van der Waals surface area contributed by atoms with E-state index in [1.165, 1.54) is 42.5 Å². The van der Waals surface area contributed by atoms with Gasteiger partial charge in [-0.1, -0.05) is 47.0 Å². The fraction of sp³-hybridized carbons (Fsp3) is 0.686. The summed E-state index contributed by atoms with van der Waals surface area (Å²) in [5.74, 6) is 6.67. The van der Waals surface area contributed by atoms with Gasteiger partial charge >= 0.3 is 0 Å². The van der Waals surface area contributed by atoms with Crippen LogP contribution in [0.25, 0.3) is 22.0 Å². The van der Waals surface area contributed by atoms with Crippen LogP contribution in [0.2, 0.25) is 0 Å². The van der Waals surface area contributed by atoms with Crippen LogP contribution < -0.4 is 41.2 Å². The number of benzene rings is 2. The van der Waals surface area contributed by atoms with Gasteiger partial charge in [0.05, 0.1) is 36.9 Å². The molecule has 9 rings (SSSR count). The number of pyridine rings is 1. The van der Waals surface area contributed by atoms with E-state index < -0.39 is 0 Å². The van der Waals surface area contributed by atoms with Crippen molar-refractivity contribution in [3.63, 3.8) is 0 Å². The third-order valence-corrected chi connectivity index (χ3v) is 17.4. The number of aromatic nitrogens is 1. The van der Waals surface area contributed by atoms with Crippen LogP contribution in [0.5, 0.6) is 23.0 Å². The minimum absolute atomic E-state index is 0. The lowest BCUT2D eigenvalue weighted by molar-refractivity contribution is -0.686. The number of fused-ring (bicyclic) bond motifs is 10. The second-order valence-corrected chi connectivity index (χ2v) is 20.3. The Bertz CT molecular complexity index is 2060. The fourth-order valence-electron chi connectivity index (χ4n) is 14.3. The van der Waals surface area contributed by atoms with E-state index in [1.54, 1.807) is 7.11 Å². The van der Waals surface area contributed by atoms with E-state index in [0.717, 1.165) is 111 Å². The first kappa shape index (κ1) is 44.3. The Morgan fingerprint density at radius 3 is 2.54 bits per heavy atom. The van der Waals surface area contributed by atoms with E-state index in [1.807, 2.05) is 6.07 Å². The number of rotatable bonds is 14. The molecule has 6 aliphatic rings. The maximum Gasteiger partial charge on any atom is 0.231 e. The Hall–Kier alpha value is -3.27. The van der Waals surface area contributed by atoms with Crippen molar-refractivity contribution in [2.45, 2.75) is 143 Å². The molecule has 2 aromatic carbocycles. The average molecular weight is 860 g/mol. The monoisotopic (exact) mass is 858 g/mol. The molecule has 4 aliphatic carbocycles. The van der Waals surface area contributed by atoms with Gasteiger partial charge in [-0.15, -0.1) is 0 Å². The third kappa shape index (κ3) is 8.00. The van der Waals surface area contributed by atoms with Gasteiger partial charge in [0.1, 0.15) is 0 Å². The molecule has 1 aromatic heterocycles. The topological polar surface area (TPSA) is 110 Å². The number of halogens is 1. The molecule has 0 bridgehead atoms. The van der Waals surface area contributed by atoms with Crippen molar-refractivity contribution in [3.8, 4) is 34.3 Å². The molecule has 9 nitrogen and oxygen atoms in total. The highest BCUT2D eigenvalue weighted by Gasteiger charge is 2.64. The number of amides is 1. The Balaban J connectivity index is 0.00000514. The van der Waals surface area contributed by atoms with E-state index in [4.69, 9.17) is 18.9 Å². The first-order valence-corrected chi connectivity index (χ1v) is 23.8. The fourth-order valence-corrected chi connectivity index (χ4v) is 14.3. The van der Waals surface area contributed by atoms with Gasteiger partial charge in [0.15, 0.2) is 35.7 Å². The number of methoxy groups -OCH3 is 1. The molecular weight excluding hydrogens is 788 g/mol. The number of aliphatic hydroxyl groups excluding tert-OH is 2. The zero-order valence-corrected chi connectivity index (χ0v) is 38.1. The van der Waals surface area contributed by atoms with E-state index in [2.05, 4.69) is 68.0 Å². The van der Waals surface area contributed by atoms with Crippen molar-refractivity contribution >= 4 is 16.7 Å². The zero-order valence-electron chi connectivity index (χ0n) is 37.4. The van der Waals surface area contributed by atoms with E-state index >= 15 is 0 Å². The van der Waals surface area contributed by atoms with Gasteiger partial charge in [-0.05, 0) is 152 Å². The minimum Gasteiger partial charge on any atom is -1.00 e. The SMILES string of the molecule is CCC1C2C[C@@H](O)CC[C@]2(C)[C@H]2CC[C@]3(C)[C@@H]([C@H](C)CCC(=O)NCCCCCCOc4c(OC)ccc5cc6[n+](cc45)CCc4cc5c(cc4-6)OCO5)CC[C@H]3[C@@H]2[C@H]1O.[Cl-]. The third-order valence-electron chi connectivity index (χ3n) is 17.4. The number of carbonyl (C=O) groups is 1. The van der Waals surface area contributed by atoms with E-state index in [0.29, 0.717) is 54.5 Å². The normalized spacial score (nSPS) is 32.4. The summed E-state index contributed by atoms with van der Waals surface area (Å²) in [4.78, 5) is 13.1. The lowest BCUT2D eigenvalue weighted by Gasteiger charge is -2.64. The second kappa shape index (κ2) is 18.1. The summed E-state index contributed by atoms with van der Waals surface area (Å²) < 4.78 is 25.9. The van der Waals surface area contributed by atoms with Gasteiger partial charge in [-0.3, -0.25) is 4.79 Å². The van der Waals surface area contributed by atoms with Crippen LogP contribution in [0.15, 0.2) is 36.5 Å². The number of aliphatic hydroxyl groups is 2. The maximum atomic E-state index is 13.1. The molecule has 0 saturated heterocycles. The predicted molar refractivity (Wildman–Crippen MR) is 233 cm³/mol. The number of unbranched alkanes of at least 4 members (excludes halogenated alkanes) is 3. The number of nitrogens with one attached hydrogen (secondary N) is 1. The van der Waals surface area contributed by atoms with Gasteiger partial charge in [0.25, 0.3) is 0 Å². The van der Waals surface area contributed by atoms with Crippen molar-refractivity contribution in [3.05, 3.63) is 42.1 Å². The number of aryl methyl sites for hydroxylation is 2. The first-order chi connectivity index (χ1) is 29.0. The Kier molecular flexibility index (Phi) is 13.1. The number of hydrogen-bond acceptors (Lipinski definition) is 7. The zero-order chi connectivity index (χ0) is 41.8. The Morgan fingerprint density at radius 1 is 0.967 bits per heavy atom. The molecule has 4 saturated carbocycles. The molecule has 2 unspecified atom stereocenters. The summed E-state index contributed by atoms with van der Waals surface area (Å²) in [5, 5.41) is 28.1. The summed E-state index contributed by atoms with van der Waals surface area (Å²) in [6, 6.07) is 10.6. The quantitative estimate of drug-likeness (QED) is 0.131. The summed E-state index contributed by atoms with van der Waals surface area (Å²) in [5.41, 5.74) is 4.10. The van der Waals surface area contributed by atoms with Crippen LogP contribution in [0.3, 0.4) is 0 Å². The van der Waals surface area contributed by atoms with Gasteiger partial charge in [-0.25, -0.2) is 0 Å². The highest BCUT2D eigenvalue weighted by Crippen LogP contribution is 2.69. The number of carbonyl (C=O) groups excluding carboxylic acids is 1. The highest BCUT2D eigenvalue weighted by molar-refractivity contribution is 5.91. The maximum absolute atomic E-state index is 13.1. The van der Waals surface area contributed by atoms with Crippen LogP contribution in [-0.4, -0.2) is 55.4 Å². The van der Waals surface area contributed by atoms with E-state index in [-0.39, 0.29) is 48.1 Å². The molecule has 2 aliphatic heterocycles. The van der Waals surface area contributed by atoms with Gasteiger partial charge in [0.2, 0.25) is 18.4 Å². The summed E-state index contributed by atoms with van der Waals surface area (Å²) in [6.45, 7) is 12.2.